The zero-order chi connectivity index (χ0) is 43.6. The number of benzene rings is 1. The number of carbonyl (C=O) groups excluding carboxylic acids is 5. The van der Waals surface area contributed by atoms with E-state index in [1.807, 2.05) is 64.4 Å². The fourth-order valence-corrected chi connectivity index (χ4v) is 7.09. The number of unbranched alkanes of at least 4 members (excludes halogenated alkanes) is 2. The maximum Gasteiger partial charge on any atom is 0.407 e. The van der Waals surface area contributed by atoms with Crippen LogP contribution in [-0.2, 0) is 46.4 Å². The van der Waals surface area contributed by atoms with Crippen molar-refractivity contribution >= 4 is 29.8 Å². The van der Waals surface area contributed by atoms with Crippen LogP contribution in [0, 0.1) is 12.8 Å². The van der Waals surface area contributed by atoms with E-state index in [0.29, 0.717) is 25.8 Å². The van der Waals surface area contributed by atoms with Crippen molar-refractivity contribution in [2.24, 2.45) is 5.92 Å². The number of rotatable bonds is 22. The smallest absolute Gasteiger partial charge is 0.407 e. The lowest BCUT2D eigenvalue weighted by molar-refractivity contribution is -0.146. The van der Waals surface area contributed by atoms with Crippen LogP contribution in [-0.4, -0.2) is 88.9 Å². The molecule has 1 heterocycles. The van der Waals surface area contributed by atoms with Crippen LogP contribution in [0.5, 0.6) is 0 Å². The summed E-state index contributed by atoms with van der Waals surface area (Å²) in [5.74, 6) is -1.32. The van der Waals surface area contributed by atoms with E-state index in [1.165, 1.54) is 12.7 Å². The van der Waals surface area contributed by atoms with Gasteiger partial charge in [-0.05, 0) is 117 Å². The minimum atomic E-state index is -1.12. The molecule has 0 bridgehead atoms. The molecule has 0 spiro atoms. The Morgan fingerprint density at radius 3 is 2.07 bits per heavy atom. The van der Waals surface area contributed by atoms with Gasteiger partial charge in [-0.2, -0.15) is 0 Å². The molecule has 0 aliphatic heterocycles. The van der Waals surface area contributed by atoms with Crippen molar-refractivity contribution in [3.05, 3.63) is 53.6 Å². The Morgan fingerprint density at radius 1 is 0.814 bits per heavy atom. The number of carbonyl (C=O) groups is 5. The van der Waals surface area contributed by atoms with Crippen molar-refractivity contribution in [1.29, 1.82) is 0 Å². The Labute approximate surface area is 352 Å². The number of nitrogens with one attached hydrogen (secondary N) is 4. The summed E-state index contributed by atoms with van der Waals surface area (Å²) in [5, 5.41) is 11.3. The molecule has 1 aliphatic carbocycles. The number of hydrogen-bond donors (Lipinski definition) is 4. The molecule has 1 saturated carbocycles. The van der Waals surface area contributed by atoms with Gasteiger partial charge in [0, 0.05) is 25.5 Å². The lowest BCUT2D eigenvalue weighted by Crippen LogP contribution is -2.57. The van der Waals surface area contributed by atoms with Crippen molar-refractivity contribution in [3.8, 4) is 0 Å². The average Bonchev–Trinajstić information content (AvgIpc) is 3.59. The Morgan fingerprint density at radius 2 is 1.46 bits per heavy atom. The van der Waals surface area contributed by atoms with Crippen LogP contribution in [0.25, 0.3) is 0 Å². The lowest BCUT2D eigenvalue weighted by Gasteiger charge is -2.29. The summed E-state index contributed by atoms with van der Waals surface area (Å²) < 4.78 is 18.5. The molecule has 330 valence electrons. The van der Waals surface area contributed by atoms with Gasteiger partial charge in [0.05, 0.1) is 25.2 Å². The molecule has 4 N–H and O–H groups in total. The molecule has 4 amide bonds. The van der Waals surface area contributed by atoms with E-state index in [1.54, 1.807) is 27.7 Å². The van der Waals surface area contributed by atoms with Crippen molar-refractivity contribution in [2.75, 3.05) is 20.3 Å². The molecule has 1 aromatic heterocycles. The van der Waals surface area contributed by atoms with Gasteiger partial charge in [-0.3, -0.25) is 14.4 Å². The first-order valence-corrected chi connectivity index (χ1v) is 21.5. The number of methoxy groups -OCH3 is 1. The molecule has 59 heavy (non-hydrogen) atoms. The summed E-state index contributed by atoms with van der Waals surface area (Å²) in [6.07, 6.45) is 13.1. The predicted molar refractivity (Wildman–Crippen MR) is 228 cm³/mol. The third-order valence-electron chi connectivity index (χ3n) is 10.5. The predicted octanol–water partition coefficient (Wildman–Crippen LogP) is 6.43. The molecule has 2 unspecified atom stereocenters. The minimum Gasteiger partial charge on any atom is -0.467 e. The van der Waals surface area contributed by atoms with Crippen LogP contribution in [0.15, 0.2) is 36.7 Å². The van der Waals surface area contributed by atoms with Crippen LogP contribution in [0.2, 0.25) is 0 Å². The van der Waals surface area contributed by atoms with E-state index in [-0.39, 0.29) is 24.9 Å². The molecule has 4 atom stereocenters. The van der Waals surface area contributed by atoms with Gasteiger partial charge >= 0.3 is 12.1 Å². The highest BCUT2D eigenvalue weighted by atomic mass is 16.6. The molecular formula is C45H72N6O8. The normalized spacial score (nSPS) is 15.6. The molecule has 14 nitrogen and oxygen atoms in total. The van der Waals surface area contributed by atoms with Crippen LogP contribution < -0.4 is 21.3 Å². The first-order chi connectivity index (χ1) is 27.8. The van der Waals surface area contributed by atoms with Gasteiger partial charge in [0.2, 0.25) is 17.7 Å². The number of imidazole rings is 1. The molecular weight excluding hydrogens is 753 g/mol. The third-order valence-corrected chi connectivity index (χ3v) is 10.5. The highest BCUT2D eigenvalue weighted by Gasteiger charge is 2.33. The fraction of sp³-hybridized carbons (Fsp3) is 0.689. The van der Waals surface area contributed by atoms with Gasteiger partial charge in [0.1, 0.15) is 29.6 Å². The number of hydrogen-bond acceptors (Lipinski definition) is 9. The molecule has 0 radical (unpaired) electrons. The number of amides is 4. The monoisotopic (exact) mass is 825 g/mol. The molecule has 1 aliphatic rings. The van der Waals surface area contributed by atoms with E-state index >= 15 is 0 Å². The molecule has 1 aromatic carbocycles. The second-order valence-electron chi connectivity index (χ2n) is 17.9. The average molecular weight is 825 g/mol. The summed E-state index contributed by atoms with van der Waals surface area (Å²) in [6, 6.07) is 4.93. The summed E-state index contributed by atoms with van der Waals surface area (Å²) >= 11 is 0. The number of nitrogens with zero attached hydrogens (tertiary/aromatic N) is 2. The Hall–Kier alpha value is -4.46. The van der Waals surface area contributed by atoms with Crippen LogP contribution in [0.1, 0.15) is 142 Å². The van der Waals surface area contributed by atoms with E-state index in [9.17, 15) is 24.0 Å². The maximum absolute atomic E-state index is 14.1. The molecule has 2 aromatic rings. The fourth-order valence-electron chi connectivity index (χ4n) is 7.09. The summed E-state index contributed by atoms with van der Waals surface area (Å²) in [6.45, 7) is 15.8. The van der Waals surface area contributed by atoms with E-state index < -0.39 is 59.1 Å². The van der Waals surface area contributed by atoms with Crippen molar-refractivity contribution < 1.29 is 38.2 Å². The first-order valence-electron chi connectivity index (χ1n) is 21.5. The molecule has 1 fully saturated rings. The van der Waals surface area contributed by atoms with Crippen molar-refractivity contribution in [3.63, 3.8) is 0 Å². The highest BCUT2D eigenvalue weighted by molar-refractivity contribution is 5.94. The Kier molecular flexibility index (Phi) is 19.9. The quantitative estimate of drug-likeness (QED) is 0.0770. The van der Waals surface area contributed by atoms with Gasteiger partial charge in [-0.15, -0.1) is 0 Å². The molecule has 3 rings (SSSR count). The summed E-state index contributed by atoms with van der Waals surface area (Å²) in [5.41, 5.74) is 0.725. The van der Waals surface area contributed by atoms with E-state index in [2.05, 4.69) is 30.8 Å². The number of ether oxygens (including phenoxy) is 3. The molecule has 0 saturated heterocycles. The van der Waals surface area contributed by atoms with E-state index in [4.69, 9.17) is 14.2 Å². The second kappa shape index (κ2) is 24.0. The second-order valence-corrected chi connectivity index (χ2v) is 17.9. The Bertz CT molecular complexity index is 1620. The summed E-state index contributed by atoms with van der Waals surface area (Å²) in [4.78, 5) is 71.1. The van der Waals surface area contributed by atoms with E-state index in [0.717, 1.165) is 69.3 Å². The topological polar surface area (TPSA) is 179 Å². The standard InChI is InChI=1S/C45H72N6O8/c1-31(35-23-21-33(22-24-35)17-14-16-27-51-28-26-46-32(51)2)39(52)50-38(30-58-44(3,4)5)41(54)48-36(20-13-15-25-47-43(56)59-45(6,7)8)40(53)49-37(42(55)57-9)29-34-18-11-10-12-19-34/h21-24,26,28,31,34,36-38H,10-20,25,27,29-30H2,1-9H3,(H,47,56)(H,48,54)(H,49,53)(H,50,52)/t31?,36-,37?,38-/m0/s1. The SMILES string of the molecule is COC(=O)C(CC1CCCCC1)NC(=O)[C@H](CCCCNC(=O)OC(C)(C)C)NC(=O)[C@H](COC(C)(C)C)NC(=O)C(C)c1ccc(CCCCn2ccnc2C)cc1. The van der Waals surface area contributed by atoms with Crippen molar-refractivity contribution in [1.82, 2.24) is 30.8 Å². The van der Waals surface area contributed by atoms with Crippen LogP contribution in [0.4, 0.5) is 4.79 Å². The van der Waals surface area contributed by atoms with Gasteiger partial charge in [-0.1, -0.05) is 56.4 Å². The number of esters is 1. The number of alkyl carbamates (subject to hydrolysis) is 1. The minimum absolute atomic E-state index is 0.133. The first kappa shape index (κ1) is 48.9. The maximum atomic E-state index is 14.1. The van der Waals surface area contributed by atoms with Crippen LogP contribution in [0.3, 0.4) is 0 Å². The number of aromatic nitrogens is 2. The number of aryl methyl sites for hydroxylation is 3. The zero-order valence-corrected chi connectivity index (χ0v) is 37.1. The van der Waals surface area contributed by atoms with Gasteiger partial charge in [0.15, 0.2) is 0 Å². The molecule has 14 heteroatoms. The van der Waals surface area contributed by atoms with Crippen molar-refractivity contribution in [2.45, 2.75) is 174 Å². The van der Waals surface area contributed by atoms with Crippen LogP contribution >= 0.6 is 0 Å². The van der Waals surface area contributed by atoms with Gasteiger partial charge in [0.25, 0.3) is 0 Å². The Balaban J connectivity index is 1.70. The largest absolute Gasteiger partial charge is 0.467 e. The van der Waals surface area contributed by atoms with Gasteiger partial charge < -0.3 is 40.0 Å². The highest BCUT2D eigenvalue weighted by Crippen LogP contribution is 2.28. The zero-order valence-electron chi connectivity index (χ0n) is 37.1. The van der Waals surface area contributed by atoms with Gasteiger partial charge in [-0.25, -0.2) is 14.6 Å². The lowest BCUT2D eigenvalue weighted by atomic mass is 9.84. The summed E-state index contributed by atoms with van der Waals surface area (Å²) in [7, 11) is 1.30. The third kappa shape index (κ3) is 18.6.